The molecule has 1 heteroatoms. The second-order valence-corrected chi connectivity index (χ2v) is 3.02. The Hall–Kier alpha value is -1.68. The lowest BCUT2D eigenvalue weighted by molar-refractivity contribution is 0.749. The molecule has 0 bridgehead atoms. The van der Waals surface area contributed by atoms with E-state index in [-0.39, 0.29) is 0 Å². The summed E-state index contributed by atoms with van der Waals surface area (Å²) in [4.78, 5) is 0. The van der Waals surface area contributed by atoms with Crippen LogP contribution in [0.3, 0.4) is 0 Å². The van der Waals surface area contributed by atoms with E-state index < -0.39 is 0 Å². The molecule has 13 heavy (non-hydrogen) atoms. The first-order valence-electron chi connectivity index (χ1n) is 4.39. The van der Waals surface area contributed by atoms with Gasteiger partial charge in [-0.2, -0.15) is 0 Å². The molecule has 64 valence electrons. The summed E-state index contributed by atoms with van der Waals surface area (Å²) in [6, 6.07) is 10.4. The molecule has 0 atom stereocenters. The van der Waals surface area contributed by atoms with Gasteiger partial charge in [-0.25, -0.2) is 0 Å². The zero-order valence-electron chi connectivity index (χ0n) is 7.40. The topological polar surface area (TPSA) is 4.93 Å². The average Bonchev–Trinajstić information content (AvgIpc) is 2.58. The van der Waals surface area contributed by atoms with Gasteiger partial charge in [-0.15, -0.1) is 12.3 Å². The molecule has 0 aliphatic rings. The summed E-state index contributed by atoms with van der Waals surface area (Å²) >= 11 is 0. The van der Waals surface area contributed by atoms with Crippen molar-refractivity contribution in [1.29, 1.82) is 0 Å². The maximum absolute atomic E-state index is 5.23. The van der Waals surface area contributed by atoms with Gasteiger partial charge in [0, 0.05) is 24.7 Å². The van der Waals surface area contributed by atoms with Gasteiger partial charge in [0.15, 0.2) is 0 Å². The molecule has 1 aromatic carbocycles. The van der Waals surface area contributed by atoms with Crippen molar-refractivity contribution in [2.45, 2.75) is 13.0 Å². The number of para-hydroxylation sites is 1. The van der Waals surface area contributed by atoms with Crippen LogP contribution in [0.2, 0.25) is 0 Å². The average molecular weight is 169 g/mol. The van der Waals surface area contributed by atoms with Gasteiger partial charge in [0.05, 0.1) is 0 Å². The number of rotatable bonds is 2. The first kappa shape index (κ1) is 7.94. The molecular weight excluding hydrogens is 158 g/mol. The zero-order chi connectivity index (χ0) is 9.10. The quantitative estimate of drug-likeness (QED) is 0.609. The lowest BCUT2D eigenvalue weighted by atomic mass is 10.2. The summed E-state index contributed by atoms with van der Waals surface area (Å²) in [5, 5.41) is 1.28. The standard InChI is InChI=1S/C12H11N/c1-2-3-9-13-10-8-11-6-4-5-7-12(11)13/h1,4-8,10H,3,9H2. The van der Waals surface area contributed by atoms with Gasteiger partial charge in [-0.1, -0.05) is 18.2 Å². The lowest BCUT2D eigenvalue weighted by Gasteiger charge is -2.00. The van der Waals surface area contributed by atoms with Crippen LogP contribution in [0.1, 0.15) is 6.42 Å². The Kier molecular flexibility index (Phi) is 2.06. The van der Waals surface area contributed by atoms with Gasteiger partial charge in [0.1, 0.15) is 0 Å². The summed E-state index contributed by atoms with van der Waals surface area (Å²) in [6.07, 6.45) is 8.10. The Morgan fingerprint density at radius 3 is 2.92 bits per heavy atom. The van der Waals surface area contributed by atoms with E-state index >= 15 is 0 Å². The molecule has 1 nitrogen and oxygen atoms in total. The monoisotopic (exact) mass is 169 g/mol. The van der Waals surface area contributed by atoms with Crippen LogP contribution in [0.4, 0.5) is 0 Å². The Labute approximate surface area is 78.0 Å². The summed E-state index contributed by atoms with van der Waals surface area (Å²) < 4.78 is 2.19. The van der Waals surface area contributed by atoms with Gasteiger partial charge >= 0.3 is 0 Å². The molecule has 0 radical (unpaired) electrons. The Bertz CT molecular complexity index is 445. The van der Waals surface area contributed by atoms with Crippen molar-refractivity contribution in [1.82, 2.24) is 4.57 Å². The first-order valence-corrected chi connectivity index (χ1v) is 4.39. The molecule has 0 amide bonds. The van der Waals surface area contributed by atoms with Crippen LogP contribution in [0, 0.1) is 12.3 Å². The summed E-state index contributed by atoms with van der Waals surface area (Å²) in [7, 11) is 0. The minimum atomic E-state index is 0.790. The minimum Gasteiger partial charge on any atom is -0.347 e. The van der Waals surface area contributed by atoms with Crippen LogP contribution in [0.15, 0.2) is 36.5 Å². The molecule has 0 aliphatic carbocycles. The molecule has 0 N–H and O–H groups in total. The van der Waals surface area contributed by atoms with Crippen LogP contribution in [-0.2, 0) is 6.54 Å². The fourth-order valence-corrected chi connectivity index (χ4v) is 1.52. The van der Waals surface area contributed by atoms with Crippen LogP contribution >= 0.6 is 0 Å². The van der Waals surface area contributed by atoms with Crippen LogP contribution in [0.5, 0.6) is 0 Å². The number of fused-ring (bicyclic) bond motifs is 1. The number of hydrogen-bond acceptors (Lipinski definition) is 0. The highest BCUT2D eigenvalue weighted by molar-refractivity contribution is 5.79. The van der Waals surface area contributed by atoms with Crippen molar-refractivity contribution in [3.05, 3.63) is 36.5 Å². The van der Waals surface area contributed by atoms with Gasteiger partial charge in [-0.3, -0.25) is 0 Å². The van der Waals surface area contributed by atoms with Gasteiger partial charge in [0.25, 0.3) is 0 Å². The number of aryl methyl sites for hydroxylation is 1. The highest BCUT2D eigenvalue weighted by Gasteiger charge is 1.97. The van der Waals surface area contributed by atoms with Crippen molar-refractivity contribution in [2.24, 2.45) is 0 Å². The minimum absolute atomic E-state index is 0.790. The van der Waals surface area contributed by atoms with Crippen molar-refractivity contribution in [3.63, 3.8) is 0 Å². The molecule has 0 unspecified atom stereocenters. The molecule has 0 saturated heterocycles. The summed E-state index contributed by atoms with van der Waals surface area (Å²) in [5.74, 6) is 2.65. The number of hydrogen-bond donors (Lipinski definition) is 0. The predicted octanol–water partition coefficient (Wildman–Crippen LogP) is 2.66. The molecule has 0 aliphatic heterocycles. The molecule has 1 aromatic heterocycles. The van der Waals surface area contributed by atoms with Gasteiger partial charge in [-0.05, 0) is 17.5 Å². The summed E-state index contributed by atoms with van der Waals surface area (Å²) in [5.41, 5.74) is 1.26. The highest BCUT2D eigenvalue weighted by atomic mass is 14.9. The van der Waals surface area contributed by atoms with E-state index in [1.807, 2.05) is 6.07 Å². The highest BCUT2D eigenvalue weighted by Crippen LogP contribution is 2.14. The van der Waals surface area contributed by atoms with Crippen LogP contribution in [0.25, 0.3) is 10.9 Å². The molecule has 0 fully saturated rings. The predicted molar refractivity (Wildman–Crippen MR) is 55.4 cm³/mol. The van der Waals surface area contributed by atoms with E-state index in [4.69, 9.17) is 6.42 Å². The molecule has 0 spiro atoms. The van der Waals surface area contributed by atoms with Crippen molar-refractivity contribution < 1.29 is 0 Å². The third kappa shape index (κ3) is 1.43. The van der Waals surface area contributed by atoms with E-state index in [0.717, 1.165) is 13.0 Å². The smallest absolute Gasteiger partial charge is 0.0480 e. The van der Waals surface area contributed by atoms with Crippen LogP contribution < -0.4 is 0 Å². The van der Waals surface area contributed by atoms with E-state index in [0.29, 0.717) is 0 Å². The molecule has 2 rings (SSSR count). The third-order valence-electron chi connectivity index (χ3n) is 2.18. The Balaban J connectivity index is 2.41. The second kappa shape index (κ2) is 3.37. The van der Waals surface area contributed by atoms with Crippen molar-refractivity contribution >= 4 is 10.9 Å². The molecule has 1 heterocycles. The van der Waals surface area contributed by atoms with E-state index in [1.54, 1.807) is 0 Å². The molecular formula is C12H11N. The number of terminal acetylenes is 1. The Morgan fingerprint density at radius 2 is 2.08 bits per heavy atom. The fourth-order valence-electron chi connectivity index (χ4n) is 1.52. The maximum Gasteiger partial charge on any atom is 0.0480 e. The second-order valence-electron chi connectivity index (χ2n) is 3.02. The first-order chi connectivity index (χ1) is 6.42. The lowest BCUT2D eigenvalue weighted by Crippen LogP contribution is -1.93. The normalized spacial score (nSPS) is 10.1. The molecule has 0 saturated carbocycles. The SMILES string of the molecule is C#CCCn1ccc2ccccc21. The number of nitrogens with zero attached hydrogens (tertiary/aromatic N) is 1. The largest absolute Gasteiger partial charge is 0.347 e. The summed E-state index contributed by atoms with van der Waals surface area (Å²) in [6.45, 7) is 0.907. The van der Waals surface area contributed by atoms with Crippen LogP contribution in [-0.4, -0.2) is 4.57 Å². The number of benzene rings is 1. The van der Waals surface area contributed by atoms with Gasteiger partial charge < -0.3 is 4.57 Å². The van der Waals surface area contributed by atoms with Gasteiger partial charge in [0.2, 0.25) is 0 Å². The third-order valence-corrected chi connectivity index (χ3v) is 2.18. The Morgan fingerprint density at radius 1 is 1.23 bits per heavy atom. The van der Waals surface area contributed by atoms with E-state index in [1.165, 1.54) is 10.9 Å². The van der Waals surface area contributed by atoms with Crippen molar-refractivity contribution in [3.8, 4) is 12.3 Å². The fraction of sp³-hybridized carbons (Fsp3) is 0.167. The van der Waals surface area contributed by atoms with E-state index in [2.05, 4.69) is 40.9 Å². The van der Waals surface area contributed by atoms with Crippen molar-refractivity contribution in [2.75, 3.05) is 0 Å². The zero-order valence-corrected chi connectivity index (χ0v) is 7.40. The maximum atomic E-state index is 5.23. The number of aromatic nitrogens is 1. The van der Waals surface area contributed by atoms with E-state index in [9.17, 15) is 0 Å². The molecule has 2 aromatic rings.